The molecule has 9 N–H and O–H groups in total. The molecule has 6 amide bonds. The van der Waals surface area contributed by atoms with Gasteiger partial charge in [-0.2, -0.15) is 0 Å². The van der Waals surface area contributed by atoms with Crippen molar-refractivity contribution in [2.75, 3.05) is 13.2 Å². The molecule has 19 heteroatoms. The number of hydrogen-bond acceptors (Lipinski definition) is 13. The Kier molecular flexibility index (Phi) is 21.5. The number of amides is 6. The number of rotatable bonds is 26. The van der Waals surface area contributed by atoms with Gasteiger partial charge in [0.1, 0.15) is 54.9 Å². The van der Waals surface area contributed by atoms with Crippen molar-refractivity contribution in [1.29, 1.82) is 0 Å². The summed E-state index contributed by atoms with van der Waals surface area (Å²) in [5, 5.41) is 34.1. The SMILES string of the molecule is CC(=O)NC1C(Oc2ccccc2)OC(CO)C(O)C1O[C@H](C)C(=O)N[C@@H](C)C(=O)N[C@H](CCC(=O)N[C@@H](CCCCNC(=O)OCc1ccccc1)C(=O)CCc1ccccc1)C(N)=O. The highest BCUT2D eigenvalue weighted by atomic mass is 16.7. The third kappa shape index (κ3) is 17.5. The van der Waals surface area contributed by atoms with Crippen LogP contribution in [0.2, 0.25) is 0 Å². The molecule has 1 aliphatic rings. The summed E-state index contributed by atoms with van der Waals surface area (Å²) in [4.78, 5) is 90.1. The van der Waals surface area contributed by atoms with Crippen molar-refractivity contribution in [3.63, 3.8) is 0 Å². The van der Waals surface area contributed by atoms with Crippen LogP contribution in [0.3, 0.4) is 0 Å². The van der Waals surface area contributed by atoms with Gasteiger partial charge in [-0.25, -0.2) is 4.79 Å². The number of alkyl carbamates (subject to hydrolysis) is 1. The molecule has 5 unspecified atom stereocenters. The summed E-state index contributed by atoms with van der Waals surface area (Å²) in [5.41, 5.74) is 7.40. The van der Waals surface area contributed by atoms with Crippen LogP contribution in [-0.4, -0.2) is 120 Å². The fraction of sp³-hybridized carbons (Fsp3) is 0.468. The number of benzene rings is 3. The van der Waals surface area contributed by atoms with E-state index in [9.17, 15) is 43.8 Å². The second-order valence-corrected chi connectivity index (χ2v) is 15.9. The molecule has 0 bridgehead atoms. The van der Waals surface area contributed by atoms with Crippen molar-refractivity contribution < 1.29 is 62.7 Å². The summed E-state index contributed by atoms with van der Waals surface area (Å²) in [6.07, 6.45) is -5.90. The van der Waals surface area contributed by atoms with Crippen molar-refractivity contribution in [1.82, 2.24) is 26.6 Å². The maximum atomic E-state index is 13.4. The maximum Gasteiger partial charge on any atom is 0.407 e. The lowest BCUT2D eigenvalue weighted by molar-refractivity contribution is -0.258. The first kappa shape index (κ1) is 52.2. The summed E-state index contributed by atoms with van der Waals surface area (Å²) in [5.74, 6) is -3.49. The largest absolute Gasteiger partial charge is 0.463 e. The molecule has 3 aromatic carbocycles. The Labute approximate surface area is 383 Å². The van der Waals surface area contributed by atoms with Gasteiger partial charge in [0.05, 0.1) is 12.6 Å². The molecule has 1 fully saturated rings. The predicted octanol–water partition coefficient (Wildman–Crippen LogP) is 1.46. The van der Waals surface area contributed by atoms with Crippen molar-refractivity contribution in [3.05, 3.63) is 102 Å². The van der Waals surface area contributed by atoms with E-state index >= 15 is 0 Å². The first-order valence-electron chi connectivity index (χ1n) is 21.9. The number of primary amides is 1. The van der Waals surface area contributed by atoms with Gasteiger partial charge in [0.15, 0.2) is 5.78 Å². The molecule has 1 saturated heterocycles. The van der Waals surface area contributed by atoms with E-state index in [2.05, 4.69) is 26.6 Å². The zero-order valence-electron chi connectivity index (χ0n) is 37.4. The molecule has 4 rings (SSSR count). The minimum atomic E-state index is -1.53. The summed E-state index contributed by atoms with van der Waals surface area (Å²) in [7, 11) is 0. The van der Waals surface area contributed by atoms with Gasteiger partial charge in [0, 0.05) is 26.3 Å². The van der Waals surface area contributed by atoms with Crippen LogP contribution in [0.1, 0.15) is 70.4 Å². The zero-order valence-corrected chi connectivity index (χ0v) is 37.4. The van der Waals surface area contributed by atoms with Gasteiger partial charge in [0.2, 0.25) is 35.8 Å². The summed E-state index contributed by atoms with van der Waals surface area (Å²) in [6.45, 7) is 3.68. The predicted molar refractivity (Wildman–Crippen MR) is 239 cm³/mol. The zero-order chi connectivity index (χ0) is 48.0. The van der Waals surface area contributed by atoms with Crippen LogP contribution in [0, 0.1) is 0 Å². The number of unbranched alkanes of at least 4 members (excludes halogenated alkanes) is 1. The molecule has 358 valence electrons. The summed E-state index contributed by atoms with van der Waals surface area (Å²) in [6, 6.07) is 22.5. The second kappa shape index (κ2) is 27.2. The number of ether oxygens (including phenoxy) is 4. The van der Waals surface area contributed by atoms with Gasteiger partial charge in [-0.1, -0.05) is 78.9 Å². The van der Waals surface area contributed by atoms with Crippen LogP contribution in [0.5, 0.6) is 5.75 Å². The number of aliphatic hydroxyl groups is 2. The first-order chi connectivity index (χ1) is 31.6. The van der Waals surface area contributed by atoms with Gasteiger partial charge >= 0.3 is 6.09 Å². The molecule has 0 saturated carbocycles. The number of carbonyl (C=O) groups is 7. The van der Waals surface area contributed by atoms with E-state index in [1.165, 1.54) is 20.8 Å². The summed E-state index contributed by atoms with van der Waals surface area (Å²) >= 11 is 0. The van der Waals surface area contributed by atoms with E-state index in [0.717, 1.165) is 11.1 Å². The first-order valence-corrected chi connectivity index (χ1v) is 21.9. The fourth-order valence-corrected chi connectivity index (χ4v) is 7.01. The van der Waals surface area contributed by atoms with Crippen LogP contribution in [0.25, 0.3) is 0 Å². The normalized spacial score (nSPS) is 19.7. The third-order valence-corrected chi connectivity index (χ3v) is 10.6. The topological polar surface area (TPSA) is 283 Å². The molecule has 0 aliphatic carbocycles. The quantitative estimate of drug-likeness (QED) is 0.0531. The Bertz CT molecular complexity index is 2030. The number of aryl methyl sites for hydroxylation is 1. The van der Waals surface area contributed by atoms with E-state index in [0.29, 0.717) is 25.0 Å². The molecule has 0 radical (unpaired) electrons. The molecule has 1 heterocycles. The highest BCUT2D eigenvalue weighted by molar-refractivity contribution is 5.93. The average Bonchev–Trinajstić information content (AvgIpc) is 3.30. The monoisotopic (exact) mass is 918 g/mol. The number of carbonyl (C=O) groups excluding carboxylic acids is 7. The Morgan fingerprint density at radius 3 is 2.03 bits per heavy atom. The van der Waals surface area contributed by atoms with Crippen LogP contribution < -0.4 is 37.1 Å². The van der Waals surface area contributed by atoms with Gasteiger partial charge in [0.25, 0.3) is 0 Å². The average molecular weight is 919 g/mol. The lowest BCUT2D eigenvalue weighted by atomic mass is 9.96. The maximum absolute atomic E-state index is 13.4. The van der Waals surface area contributed by atoms with E-state index in [1.54, 1.807) is 30.3 Å². The Morgan fingerprint density at radius 2 is 1.41 bits per heavy atom. The van der Waals surface area contributed by atoms with Crippen LogP contribution in [0.4, 0.5) is 4.79 Å². The smallest absolute Gasteiger partial charge is 0.407 e. The molecule has 66 heavy (non-hydrogen) atoms. The highest BCUT2D eigenvalue weighted by Gasteiger charge is 2.48. The van der Waals surface area contributed by atoms with E-state index in [-0.39, 0.29) is 44.6 Å². The number of ketones is 1. The number of nitrogens with two attached hydrogens (primary N) is 1. The second-order valence-electron chi connectivity index (χ2n) is 15.9. The van der Waals surface area contributed by atoms with E-state index in [4.69, 9.17) is 24.7 Å². The van der Waals surface area contributed by atoms with Gasteiger partial charge in [-0.05, 0) is 69.2 Å². The molecule has 19 nitrogen and oxygen atoms in total. The molecule has 1 aliphatic heterocycles. The van der Waals surface area contributed by atoms with Gasteiger partial charge in [-0.3, -0.25) is 28.8 Å². The highest BCUT2D eigenvalue weighted by Crippen LogP contribution is 2.27. The Morgan fingerprint density at radius 1 is 0.773 bits per heavy atom. The molecular formula is C47H62N6O13. The number of para-hydroxylation sites is 1. The van der Waals surface area contributed by atoms with Crippen molar-refractivity contribution >= 4 is 41.4 Å². The number of aliphatic hydroxyl groups excluding tert-OH is 2. The Balaban J connectivity index is 1.29. The molecule has 9 atom stereocenters. The van der Waals surface area contributed by atoms with Crippen molar-refractivity contribution in [2.24, 2.45) is 5.73 Å². The van der Waals surface area contributed by atoms with Crippen LogP contribution in [0.15, 0.2) is 91.0 Å². The van der Waals surface area contributed by atoms with E-state index in [1.807, 2.05) is 60.7 Å². The number of nitrogens with one attached hydrogen (secondary N) is 5. The van der Waals surface area contributed by atoms with Gasteiger partial charge in [-0.15, -0.1) is 0 Å². The molecular weight excluding hydrogens is 857 g/mol. The molecule has 0 aromatic heterocycles. The fourth-order valence-electron chi connectivity index (χ4n) is 7.01. The minimum absolute atomic E-state index is 0.120. The number of Topliss-reactive ketones (excluding diaryl/α,β-unsaturated/α-hetero) is 1. The molecule has 0 spiro atoms. The standard InChI is InChI=1S/C47H62N6O13/c1-29(50-45(61)30(2)64-42-40(51-31(3)55)46(66-38(27-54)41(42)58)65-34-19-11-6-12-20-34)44(60)53-36(43(48)59)23-25-39(57)52-35(37(56)24-22-32-15-7-4-8-16-32)21-13-14-26-49-47(62)63-28-33-17-9-5-10-18-33/h4-12,15-20,29-30,35-36,38,40-42,46,54,58H,13-14,21-28H2,1-3H3,(H2,48,59)(H,49,62)(H,50,61)(H,51,55)(H,52,57)(H,53,60)/t29-,30+,35-,36+,38?,40?,41?,42?,46?/m0/s1. The van der Waals surface area contributed by atoms with Crippen molar-refractivity contribution in [2.45, 2.75) is 127 Å². The van der Waals surface area contributed by atoms with Crippen molar-refractivity contribution in [3.8, 4) is 5.75 Å². The summed E-state index contributed by atoms with van der Waals surface area (Å²) < 4.78 is 22.9. The lowest BCUT2D eigenvalue weighted by Crippen LogP contribution is -2.67. The van der Waals surface area contributed by atoms with Crippen LogP contribution >= 0.6 is 0 Å². The number of hydrogen-bond donors (Lipinski definition) is 8. The van der Waals surface area contributed by atoms with Gasteiger partial charge < -0.3 is 61.5 Å². The van der Waals surface area contributed by atoms with E-state index < -0.39 is 97.1 Å². The van der Waals surface area contributed by atoms with Crippen LogP contribution in [-0.2, 0) is 56.0 Å². The Hall–Kier alpha value is -6.41. The lowest BCUT2D eigenvalue weighted by Gasteiger charge is -2.44. The minimum Gasteiger partial charge on any atom is -0.463 e. The third-order valence-electron chi connectivity index (χ3n) is 10.6. The molecule has 3 aromatic rings.